The summed E-state index contributed by atoms with van der Waals surface area (Å²) < 4.78 is 40.7. The monoisotopic (exact) mass is 386 g/mol. The van der Waals surface area contributed by atoms with Crippen molar-refractivity contribution in [2.75, 3.05) is 19.6 Å². The number of amides is 2. The Hall–Kier alpha value is -1.69. The van der Waals surface area contributed by atoms with Crippen molar-refractivity contribution >= 4 is 16.4 Å². The van der Waals surface area contributed by atoms with Gasteiger partial charge in [-0.3, -0.25) is 4.55 Å². The Balaban J connectivity index is 1.45. The van der Waals surface area contributed by atoms with E-state index >= 15 is 0 Å². The summed E-state index contributed by atoms with van der Waals surface area (Å²) in [5.74, 6) is 1.38. The third-order valence-corrected chi connectivity index (χ3v) is 5.71. The Labute approximate surface area is 151 Å². The van der Waals surface area contributed by atoms with E-state index in [1.54, 1.807) is 0 Å². The summed E-state index contributed by atoms with van der Waals surface area (Å²) in [6.45, 7) is 2.36. The molecule has 0 aliphatic carbocycles. The molecule has 10 nitrogen and oxygen atoms in total. The lowest BCUT2D eigenvalue weighted by Crippen LogP contribution is -2.35. The average Bonchev–Trinajstić information content (AvgIpc) is 3.15. The van der Waals surface area contributed by atoms with Crippen molar-refractivity contribution in [3.63, 3.8) is 0 Å². The number of hydrogen-bond donors (Lipinski definition) is 2. The van der Waals surface area contributed by atoms with Crippen molar-refractivity contribution in [2.24, 2.45) is 5.92 Å². The number of nitrogens with zero attached hydrogens (tertiary/aromatic N) is 3. The van der Waals surface area contributed by atoms with Crippen molar-refractivity contribution in [2.45, 2.75) is 44.2 Å². The molecule has 0 unspecified atom stereocenters. The number of carbonyl (C=O) groups is 1. The lowest BCUT2D eigenvalue weighted by atomic mass is 9.93. The zero-order chi connectivity index (χ0) is 18.3. The molecule has 2 bridgehead atoms. The Morgan fingerprint density at radius 2 is 2.08 bits per heavy atom. The van der Waals surface area contributed by atoms with E-state index in [1.807, 2.05) is 6.07 Å². The number of carbonyl (C=O) groups excluding carboxylic acids is 1. The van der Waals surface area contributed by atoms with Crippen LogP contribution in [0.1, 0.15) is 43.2 Å². The van der Waals surface area contributed by atoms with Crippen LogP contribution >= 0.6 is 0 Å². The molecule has 4 rings (SSSR count). The Kier molecular flexibility index (Phi) is 4.63. The number of hydrogen-bond acceptors (Lipinski definition) is 7. The van der Waals surface area contributed by atoms with E-state index in [0.717, 1.165) is 43.2 Å². The third-order valence-electron chi connectivity index (χ3n) is 5.36. The molecule has 3 fully saturated rings. The van der Waals surface area contributed by atoms with Crippen LogP contribution in [0.2, 0.25) is 0 Å². The molecule has 0 aromatic carbocycles. The summed E-state index contributed by atoms with van der Waals surface area (Å²) >= 11 is 0. The molecular weight excluding hydrogens is 364 g/mol. The van der Waals surface area contributed by atoms with E-state index in [4.69, 9.17) is 9.08 Å². The Bertz CT molecular complexity index is 775. The van der Waals surface area contributed by atoms with Crippen molar-refractivity contribution in [1.82, 2.24) is 20.4 Å². The minimum absolute atomic E-state index is 0.278. The van der Waals surface area contributed by atoms with Gasteiger partial charge in [0.2, 0.25) is 0 Å². The van der Waals surface area contributed by atoms with E-state index in [9.17, 15) is 13.2 Å². The van der Waals surface area contributed by atoms with Gasteiger partial charge in [-0.25, -0.2) is 4.79 Å². The molecule has 3 aliphatic rings. The zero-order valence-electron chi connectivity index (χ0n) is 14.2. The first-order valence-corrected chi connectivity index (χ1v) is 10.2. The van der Waals surface area contributed by atoms with E-state index in [0.29, 0.717) is 31.0 Å². The second-order valence-electron chi connectivity index (χ2n) is 7.13. The van der Waals surface area contributed by atoms with Gasteiger partial charge in [0.15, 0.2) is 0 Å². The molecule has 0 spiro atoms. The summed E-state index contributed by atoms with van der Waals surface area (Å²) in [5, 5.41) is 8.22. The van der Waals surface area contributed by atoms with Gasteiger partial charge < -0.3 is 14.7 Å². The summed E-state index contributed by atoms with van der Waals surface area (Å²) in [5.41, 5.74) is 0.675. The number of hydroxylamine groups is 2. The Morgan fingerprint density at radius 1 is 1.31 bits per heavy atom. The van der Waals surface area contributed by atoms with Crippen LogP contribution in [-0.2, 0) is 21.1 Å². The van der Waals surface area contributed by atoms with Crippen molar-refractivity contribution in [1.29, 1.82) is 0 Å². The molecule has 0 radical (unpaired) electrons. The number of piperidine rings is 2. The maximum atomic E-state index is 12.5. The number of fused-ring (bicyclic) bond motifs is 2. The maximum Gasteiger partial charge on any atom is 0.418 e. The van der Waals surface area contributed by atoms with Crippen molar-refractivity contribution < 1.29 is 26.6 Å². The van der Waals surface area contributed by atoms with Crippen LogP contribution < -0.4 is 5.32 Å². The van der Waals surface area contributed by atoms with Gasteiger partial charge in [0.05, 0.1) is 12.1 Å². The minimum Gasteiger partial charge on any atom is -0.361 e. The van der Waals surface area contributed by atoms with Crippen LogP contribution in [-0.4, -0.2) is 59.8 Å². The quantitative estimate of drug-likeness (QED) is 0.715. The van der Waals surface area contributed by atoms with E-state index < -0.39 is 22.5 Å². The highest BCUT2D eigenvalue weighted by molar-refractivity contribution is 7.80. The molecule has 2 amide bonds. The summed E-state index contributed by atoms with van der Waals surface area (Å²) in [6.07, 6.45) is 4.22. The summed E-state index contributed by atoms with van der Waals surface area (Å²) in [7, 11) is -4.73. The maximum absolute atomic E-state index is 12.5. The highest BCUT2D eigenvalue weighted by atomic mass is 32.3. The van der Waals surface area contributed by atoms with Crippen LogP contribution in [0.4, 0.5) is 4.79 Å². The predicted molar refractivity (Wildman–Crippen MR) is 88.1 cm³/mol. The van der Waals surface area contributed by atoms with Crippen LogP contribution in [0.5, 0.6) is 0 Å². The van der Waals surface area contributed by atoms with E-state index in [-0.39, 0.29) is 6.04 Å². The first kappa shape index (κ1) is 17.7. The Morgan fingerprint density at radius 3 is 2.81 bits per heavy atom. The highest BCUT2D eigenvalue weighted by Crippen LogP contribution is 2.38. The van der Waals surface area contributed by atoms with Gasteiger partial charge in [0, 0.05) is 19.0 Å². The second-order valence-corrected chi connectivity index (χ2v) is 8.13. The zero-order valence-corrected chi connectivity index (χ0v) is 15.0. The molecule has 2 atom stereocenters. The fourth-order valence-electron chi connectivity index (χ4n) is 4.09. The van der Waals surface area contributed by atoms with Gasteiger partial charge in [-0.15, -0.1) is 4.28 Å². The molecule has 144 valence electrons. The van der Waals surface area contributed by atoms with Gasteiger partial charge >= 0.3 is 16.4 Å². The number of rotatable bonds is 5. The molecule has 1 aromatic heterocycles. The van der Waals surface area contributed by atoms with Gasteiger partial charge in [-0.1, -0.05) is 5.16 Å². The van der Waals surface area contributed by atoms with E-state index in [2.05, 4.69) is 14.8 Å². The smallest absolute Gasteiger partial charge is 0.361 e. The van der Waals surface area contributed by atoms with E-state index in [1.165, 1.54) is 4.90 Å². The van der Waals surface area contributed by atoms with Crippen LogP contribution in [0.15, 0.2) is 10.6 Å². The standard InChI is InChI=1S/C15H22N4O6S/c20-15-18-9-11(19(15)25-26(21,22)23)1-2-14(18)13-8-12(24-17-13)7-10-3-5-16-6-4-10/h8,10-11,14,16H,1-7,9H2,(H,21,22,23)/t11-,14+/m1/s1. The van der Waals surface area contributed by atoms with Crippen molar-refractivity contribution in [3.05, 3.63) is 17.5 Å². The van der Waals surface area contributed by atoms with Gasteiger partial charge in [-0.2, -0.15) is 13.5 Å². The molecule has 26 heavy (non-hydrogen) atoms. The first-order chi connectivity index (χ1) is 12.4. The lowest BCUT2D eigenvalue weighted by molar-refractivity contribution is -0.0317. The van der Waals surface area contributed by atoms with Gasteiger partial charge in [0.1, 0.15) is 11.5 Å². The average molecular weight is 386 g/mol. The minimum atomic E-state index is -4.73. The van der Waals surface area contributed by atoms with Crippen LogP contribution in [0, 0.1) is 5.92 Å². The fraction of sp³-hybridized carbons (Fsp3) is 0.733. The predicted octanol–water partition coefficient (Wildman–Crippen LogP) is 0.892. The van der Waals surface area contributed by atoms with Gasteiger partial charge in [-0.05, 0) is 44.7 Å². The van der Waals surface area contributed by atoms with Crippen LogP contribution in [0.3, 0.4) is 0 Å². The SMILES string of the molecule is O=C1N2C[C@@H](CC[C@H]2c2cc(CC3CCNCC3)on2)N1OS(=O)(=O)O. The summed E-state index contributed by atoms with van der Waals surface area (Å²) in [6, 6.07) is 0.631. The molecular formula is C15H22N4O6S. The largest absolute Gasteiger partial charge is 0.418 e. The third kappa shape index (κ3) is 3.56. The second kappa shape index (κ2) is 6.80. The molecule has 11 heteroatoms. The normalized spacial score (nSPS) is 27.3. The van der Waals surface area contributed by atoms with Crippen LogP contribution in [0.25, 0.3) is 0 Å². The molecule has 3 aliphatic heterocycles. The molecule has 2 N–H and O–H groups in total. The topological polar surface area (TPSA) is 125 Å². The lowest BCUT2D eigenvalue weighted by Gasteiger charge is -2.28. The molecule has 0 saturated carbocycles. The fourth-order valence-corrected chi connectivity index (χ4v) is 4.48. The molecule has 1 aromatic rings. The number of aromatic nitrogens is 1. The summed E-state index contributed by atoms with van der Waals surface area (Å²) in [4.78, 5) is 14.0. The van der Waals surface area contributed by atoms with Crippen molar-refractivity contribution in [3.8, 4) is 0 Å². The molecule has 4 heterocycles. The number of urea groups is 1. The first-order valence-electron chi connectivity index (χ1n) is 8.84. The van der Waals surface area contributed by atoms with Gasteiger partial charge in [0.25, 0.3) is 0 Å². The molecule has 3 saturated heterocycles. The number of nitrogens with one attached hydrogen (secondary N) is 1. The highest BCUT2D eigenvalue weighted by Gasteiger charge is 2.48.